The van der Waals surface area contributed by atoms with Gasteiger partial charge in [-0.1, -0.05) is 30.7 Å². The Morgan fingerprint density at radius 1 is 1.21 bits per heavy atom. The van der Waals surface area contributed by atoms with Crippen LogP contribution in [0.25, 0.3) is 0 Å². The molecule has 3 heteroatoms. The van der Waals surface area contributed by atoms with Crippen LogP contribution in [0.3, 0.4) is 0 Å². The number of nitrogens with one attached hydrogen (secondary N) is 1. The molecule has 1 aromatic rings. The highest BCUT2D eigenvalue weighted by atomic mass is 16.5. The van der Waals surface area contributed by atoms with E-state index in [-0.39, 0.29) is 0 Å². The predicted octanol–water partition coefficient (Wildman–Crippen LogP) is 3.32. The summed E-state index contributed by atoms with van der Waals surface area (Å²) >= 11 is 0. The molecule has 3 nitrogen and oxygen atoms in total. The molecule has 3 aliphatic rings. The number of likely N-dealkylation sites (tertiary alicyclic amines) is 1. The van der Waals surface area contributed by atoms with Crippen LogP contribution in [0.4, 0.5) is 0 Å². The summed E-state index contributed by atoms with van der Waals surface area (Å²) in [6.45, 7) is 10.3. The molecule has 0 bridgehead atoms. The second kappa shape index (κ2) is 7.15. The van der Waals surface area contributed by atoms with Gasteiger partial charge in [0.05, 0.1) is 6.61 Å². The van der Waals surface area contributed by atoms with E-state index in [4.69, 9.17) is 4.74 Å². The molecule has 0 radical (unpaired) electrons. The van der Waals surface area contributed by atoms with Crippen LogP contribution in [-0.4, -0.2) is 43.8 Å². The van der Waals surface area contributed by atoms with E-state index in [1.54, 1.807) is 11.1 Å². The average Bonchev–Trinajstić information content (AvgIpc) is 3.18. The van der Waals surface area contributed by atoms with E-state index in [1.807, 2.05) is 0 Å². The number of ether oxygens (including phenoxy) is 1. The third-order valence-corrected chi connectivity index (χ3v) is 6.29. The third kappa shape index (κ3) is 3.54. The molecule has 2 fully saturated rings. The molecule has 0 aromatic heterocycles. The molecular weight excluding hydrogens is 296 g/mol. The first-order valence-corrected chi connectivity index (χ1v) is 9.84. The molecule has 1 N–H and O–H groups in total. The van der Waals surface area contributed by atoms with Gasteiger partial charge in [0.2, 0.25) is 0 Å². The van der Waals surface area contributed by atoms with Gasteiger partial charge in [-0.25, -0.2) is 0 Å². The molecule has 2 aliphatic heterocycles. The van der Waals surface area contributed by atoms with Gasteiger partial charge in [0, 0.05) is 25.2 Å². The van der Waals surface area contributed by atoms with Crippen LogP contribution in [0.15, 0.2) is 18.2 Å². The molecule has 0 unspecified atom stereocenters. The van der Waals surface area contributed by atoms with Crippen LogP contribution in [0.5, 0.6) is 0 Å². The van der Waals surface area contributed by atoms with Crippen molar-refractivity contribution in [1.29, 1.82) is 0 Å². The zero-order valence-corrected chi connectivity index (χ0v) is 15.3. The first-order chi connectivity index (χ1) is 11.7. The molecule has 2 saturated heterocycles. The smallest absolute Gasteiger partial charge is 0.0507 e. The fraction of sp³-hybridized carbons (Fsp3) is 0.714. The third-order valence-electron chi connectivity index (χ3n) is 6.29. The molecule has 0 spiro atoms. The van der Waals surface area contributed by atoms with E-state index in [1.165, 1.54) is 50.9 Å². The maximum atomic E-state index is 5.52. The van der Waals surface area contributed by atoms with Gasteiger partial charge in [0.25, 0.3) is 0 Å². The van der Waals surface area contributed by atoms with Gasteiger partial charge in [-0.3, -0.25) is 0 Å². The number of hydrogen-bond donors (Lipinski definition) is 1. The van der Waals surface area contributed by atoms with E-state index in [0.717, 1.165) is 25.0 Å². The highest BCUT2D eigenvalue weighted by molar-refractivity contribution is 5.38. The van der Waals surface area contributed by atoms with Gasteiger partial charge >= 0.3 is 0 Å². The largest absolute Gasteiger partial charge is 0.381 e. The minimum absolute atomic E-state index is 0.555. The molecule has 1 aromatic carbocycles. The molecule has 1 aliphatic carbocycles. The van der Waals surface area contributed by atoms with E-state index in [2.05, 4.69) is 42.3 Å². The van der Waals surface area contributed by atoms with E-state index < -0.39 is 0 Å². The Morgan fingerprint density at radius 2 is 2.04 bits per heavy atom. The normalized spacial score (nSPS) is 31.5. The Morgan fingerprint density at radius 3 is 2.79 bits per heavy atom. The lowest BCUT2D eigenvalue weighted by atomic mass is 9.97. The highest BCUT2D eigenvalue weighted by Gasteiger charge is 2.32. The number of aryl methyl sites for hydroxylation is 1. The van der Waals surface area contributed by atoms with Crippen molar-refractivity contribution in [3.05, 3.63) is 34.9 Å². The maximum absolute atomic E-state index is 5.52. The summed E-state index contributed by atoms with van der Waals surface area (Å²) in [4.78, 5) is 2.66. The molecule has 3 atom stereocenters. The predicted molar refractivity (Wildman–Crippen MR) is 98.3 cm³/mol. The van der Waals surface area contributed by atoms with Crippen LogP contribution in [-0.2, 0) is 11.2 Å². The summed E-state index contributed by atoms with van der Waals surface area (Å²) in [6.07, 6.45) is 5.07. The second-order valence-corrected chi connectivity index (χ2v) is 8.33. The van der Waals surface area contributed by atoms with Gasteiger partial charge in [0.1, 0.15) is 0 Å². The summed E-state index contributed by atoms with van der Waals surface area (Å²) in [7, 11) is 0. The zero-order chi connectivity index (χ0) is 16.5. The Kier molecular flexibility index (Phi) is 4.93. The maximum Gasteiger partial charge on any atom is 0.0507 e. The fourth-order valence-electron chi connectivity index (χ4n) is 4.84. The summed E-state index contributed by atoms with van der Waals surface area (Å²) in [5.74, 6) is 1.50. The topological polar surface area (TPSA) is 24.5 Å². The lowest BCUT2D eigenvalue weighted by Crippen LogP contribution is -2.45. The molecule has 0 amide bonds. The molecule has 132 valence electrons. The monoisotopic (exact) mass is 328 g/mol. The Labute approximate surface area is 146 Å². The minimum Gasteiger partial charge on any atom is -0.381 e. The Balaban J connectivity index is 1.32. The molecule has 24 heavy (non-hydrogen) atoms. The van der Waals surface area contributed by atoms with Crippen LogP contribution < -0.4 is 5.32 Å². The number of rotatable bonds is 4. The lowest BCUT2D eigenvalue weighted by molar-refractivity contribution is 0.143. The van der Waals surface area contributed by atoms with Gasteiger partial charge in [0.15, 0.2) is 0 Å². The molecule has 4 rings (SSSR count). The summed E-state index contributed by atoms with van der Waals surface area (Å²) in [5, 5.41) is 4.01. The first-order valence-electron chi connectivity index (χ1n) is 9.84. The van der Waals surface area contributed by atoms with Gasteiger partial charge in [-0.05, 0) is 68.7 Å². The average molecular weight is 329 g/mol. The number of nitrogens with zero attached hydrogens (tertiary/aromatic N) is 1. The van der Waals surface area contributed by atoms with Crippen molar-refractivity contribution in [1.82, 2.24) is 10.2 Å². The fourth-order valence-corrected chi connectivity index (χ4v) is 4.84. The van der Waals surface area contributed by atoms with Crippen molar-refractivity contribution in [2.24, 2.45) is 11.8 Å². The van der Waals surface area contributed by atoms with Gasteiger partial charge in [-0.15, -0.1) is 0 Å². The number of piperidine rings is 1. The van der Waals surface area contributed by atoms with Crippen molar-refractivity contribution < 1.29 is 4.74 Å². The van der Waals surface area contributed by atoms with Crippen LogP contribution in [0, 0.1) is 18.8 Å². The summed E-state index contributed by atoms with van der Waals surface area (Å²) < 4.78 is 5.52. The van der Waals surface area contributed by atoms with Crippen molar-refractivity contribution in [3.8, 4) is 0 Å². The summed E-state index contributed by atoms with van der Waals surface area (Å²) in [5.41, 5.74) is 4.51. The number of benzene rings is 1. The molecule has 2 heterocycles. The lowest BCUT2D eigenvalue weighted by Gasteiger charge is -2.36. The Bertz CT molecular complexity index is 559. The van der Waals surface area contributed by atoms with Crippen LogP contribution in [0.2, 0.25) is 0 Å². The van der Waals surface area contributed by atoms with Crippen LogP contribution >= 0.6 is 0 Å². The van der Waals surface area contributed by atoms with Crippen molar-refractivity contribution in [3.63, 3.8) is 0 Å². The van der Waals surface area contributed by atoms with Gasteiger partial charge < -0.3 is 15.0 Å². The highest BCUT2D eigenvalue weighted by Crippen LogP contribution is 2.37. The first kappa shape index (κ1) is 16.6. The number of fused-ring (bicyclic) bond motifs is 1. The Hall–Kier alpha value is -0.900. The standard InChI is InChI=1S/C21H32N2O/c1-15-3-4-18-12-16(2)21(20(18)11-15)22-19-5-8-23(9-6-19)13-17-7-10-24-14-17/h3-4,11,16-17,19,21-22H,5-10,12-14H2,1-2H3/t16-,17-,21-/m1/s1. The second-order valence-electron chi connectivity index (χ2n) is 8.33. The quantitative estimate of drug-likeness (QED) is 0.918. The summed E-state index contributed by atoms with van der Waals surface area (Å²) in [6, 6.07) is 8.25. The molecule has 0 saturated carbocycles. The van der Waals surface area contributed by atoms with Crippen molar-refractivity contribution >= 4 is 0 Å². The molecular formula is C21H32N2O. The van der Waals surface area contributed by atoms with E-state index in [9.17, 15) is 0 Å². The SMILES string of the molecule is Cc1ccc2c(c1)[C@H](NC1CCN(C[C@H]3CCOC3)CC1)[C@H](C)C2. The van der Waals surface area contributed by atoms with Crippen LogP contribution in [0.1, 0.15) is 48.9 Å². The van der Waals surface area contributed by atoms with E-state index >= 15 is 0 Å². The van der Waals surface area contributed by atoms with Gasteiger partial charge in [-0.2, -0.15) is 0 Å². The van der Waals surface area contributed by atoms with Crippen molar-refractivity contribution in [2.75, 3.05) is 32.8 Å². The number of hydrogen-bond acceptors (Lipinski definition) is 3. The zero-order valence-electron chi connectivity index (χ0n) is 15.3. The van der Waals surface area contributed by atoms with Crippen molar-refractivity contribution in [2.45, 2.75) is 51.6 Å². The minimum atomic E-state index is 0.555. The van der Waals surface area contributed by atoms with E-state index in [0.29, 0.717) is 12.1 Å².